The molecule has 0 unspecified atom stereocenters. The van der Waals surface area contributed by atoms with Gasteiger partial charge in [0.1, 0.15) is 17.2 Å². The van der Waals surface area contributed by atoms with Crippen molar-refractivity contribution in [2.75, 3.05) is 0 Å². The van der Waals surface area contributed by atoms with E-state index in [1.54, 1.807) is 0 Å². The summed E-state index contributed by atoms with van der Waals surface area (Å²) in [7, 11) is 0. The first kappa shape index (κ1) is 19.2. The zero-order chi connectivity index (χ0) is 6.85. The minimum absolute atomic E-state index is 0. The molecule has 0 spiro atoms. The minimum Gasteiger partial charge on any atom is -1.00 e. The topological polar surface area (TPSA) is 60.7 Å². The van der Waals surface area contributed by atoms with Gasteiger partial charge in [0.2, 0.25) is 0 Å². The Morgan fingerprint density at radius 3 is 1.00 bits per heavy atom. The van der Waals surface area contributed by atoms with Crippen molar-refractivity contribution in [3.63, 3.8) is 0 Å². The molecular formula is C6H9Na3O3. The van der Waals surface area contributed by atoms with E-state index in [9.17, 15) is 0 Å². The molecule has 0 radical (unpaired) electrons. The SMILES string of the molecule is Oc1cc(O)cc(O)c1.[H-].[H-].[H-].[Na+].[Na+].[Na+]. The third-order valence-electron chi connectivity index (χ3n) is 0.887. The fourth-order valence-corrected chi connectivity index (χ4v) is 0.580. The van der Waals surface area contributed by atoms with Gasteiger partial charge in [-0.25, -0.2) is 0 Å². The fourth-order valence-electron chi connectivity index (χ4n) is 0.580. The molecule has 0 atom stereocenters. The largest absolute Gasteiger partial charge is 1.00 e. The number of phenols is 3. The third kappa shape index (κ3) is 7.06. The Morgan fingerprint density at radius 2 is 0.833 bits per heavy atom. The predicted octanol–water partition coefficient (Wildman–Crippen LogP) is -7.85. The van der Waals surface area contributed by atoms with Crippen molar-refractivity contribution in [2.45, 2.75) is 0 Å². The summed E-state index contributed by atoms with van der Waals surface area (Å²) in [6, 6.07) is 3.42. The van der Waals surface area contributed by atoms with Crippen molar-refractivity contribution in [3.8, 4) is 17.2 Å². The van der Waals surface area contributed by atoms with Crippen LogP contribution in [0.3, 0.4) is 0 Å². The molecule has 0 aliphatic rings. The van der Waals surface area contributed by atoms with E-state index in [1.165, 1.54) is 0 Å². The van der Waals surface area contributed by atoms with E-state index in [-0.39, 0.29) is 110 Å². The molecule has 0 heterocycles. The first-order valence-electron chi connectivity index (χ1n) is 2.40. The molecule has 0 aromatic heterocycles. The van der Waals surface area contributed by atoms with Crippen LogP contribution in [0.2, 0.25) is 0 Å². The molecule has 1 aromatic rings. The predicted molar refractivity (Wildman–Crippen MR) is 34.8 cm³/mol. The molecule has 3 N–H and O–H groups in total. The average Bonchev–Trinajstić information content (AvgIpc) is 1.59. The standard InChI is InChI=1S/C6H6O3.3Na.3H/c7-4-1-5(8)3-6(9)2-4;;;;;;/h1-3,7-9H;;;;;;/q;3*+1;3*-1. The molecule has 0 saturated carbocycles. The van der Waals surface area contributed by atoms with Gasteiger partial charge in [-0.2, -0.15) is 0 Å². The Labute approximate surface area is 142 Å². The first-order chi connectivity index (χ1) is 4.18. The molecule has 1 aromatic carbocycles. The van der Waals surface area contributed by atoms with Gasteiger partial charge in [0.25, 0.3) is 0 Å². The van der Waals surface area contributed by atoms with Crippen molar-refractivity contribution in [1.82, 2.24) is 0 Å². The third-order valence-corrected chi connectivity index (χ3v) is 0.887. The number of hydrogen-bond acceptors (Lipinski definition) is 3. The Kier molecular flexibility index (Phi) is 14.7. The zero-order valence-electron chi connectivity index (χ0n) is 10.6. The number of aromatic hydroxyl groups is 3. The van der Waals surface area contributed by atoms with Gasteiger partial charge in [0, 0.05) is 18.2 Å². The summed E-state index contributed by atoms with van der Waals surface area (Å²) in [5.41, 5.74) is 0. The first-order valence-corrected chi connectivity index (χ1v) is 2.40. The van der Waals surface area contributed by atoms with Crippen LogP contribution >= 0.6 is 0 Å². The van der Waals surface area contributed by atoms with Crippen LogP contribution in [-0.2, 0) is 0 Å². The van der Waals surface area contributed by atoms with Crippen LogP contribution in [-0.4, -0.2) is 15.3 Å². The number of phenolic OH excluding ortho intramolecular Hbond substituents is 3. The molecule has 0 saturated heterocycles. The molecule has 0 amide bonds. The molecular weight excluding hydrogens is 189 g/mol. The van der Waals surface area contributed by atoms with Gasteiger partial charge in [0.15, 0.2) is 0 Å². The van der Waals surface area contributed by atoms with Gasteiger partial charge < -0.3 is 19.6 Å². The second-order valence-electron chi connectivity index (χ2n) is 1.71. The number of hydrogen-bond donors (Lipinski definition) is 3. The van der Waals surface area contributed by atoms with Gasteiger partial charge in [-0.05, 0) is 0 Å². The van der Waals surface area contributed by atoms with Crippen LogP contribution in [0.5, 0.6) is 17.2 Å². The van der Waals surface area contributed by atoms with E-state index in [2.05, 4.69) is 0 Å². The maximum atomic E-state index is 8.67. The van der Waals surface area contributed by atoms with Crippen LogP contribution in [0, 0.1) is 0 Å². The Hall–Kier alpha value is 1.62. The van der Waals surface area contributed by atoms with E-state index in [0.717, 1.165) is 18.2 Å². The summed E-state index contributed by atoms with van der Waals surface area (Å²) in [4.78, 5) is 0. The van der Waals surface area contributed by atoms with Gasteiger partial charge in [-0.1, -0.05) is 0 Å². The van der Waals surface area contributed by atoms with Gasteiger partial charge in [-0.15, -0.1) is 0 Å². The molecule has 6 heteroatoms. The molecule has 12 heavy (non-hydrogen) atoms. The van der Waals surface area contributed by atoms with Crippen LogP contribution in [0.1, 0.15) is 4.28 Å². The molecule has 0 aliphatic carbocycles. The minimum atomic E-state index is -0.146. The van der Waals surface area contributed by atoms with E-state index in [1.807, 2.05) is 0 Å². The summed E-state index contributed by atoms with van der Waals surface area (Å²) < 4.78 is 0. The van der Waals surface area contributed by atoms with Crippen LogP contribution in [0.4, 0.5) is 0 Å². The monoisotopic (exact) mass is 198 g/mol. The molecule has 0 fully saturated rings. The maximum absolute atomic E-state index is 8.67. The maximum Gasteiger partial charge on any atom is 1.00 e. The molecule has 1 rings (SSSR count). The average molecular weight is 198 g/mol. The summed E-state index contributed by atoms with van der Waals surface area (Å²) in [6.07, 6.45) is 0. The van der Waals surface area contributed by atoms with Crippen LogP contribution in [0.15, 0.2) is 18.2 Å². The van der Waals surface area contributed by atoms with E-state index >= 15 is 0 Å². The van der Waals surface area contributed by atoms with Gasteiger partial charge >= 0.3 is 88.7 Å². The fraction of sp³-hybridized carbons (Fsp3) is 0. The summed E-state index contributed by atoms with van der Waals surface area (Å²) in [6.45, 7) is 0. The summed E-state index contributed by atoms with van der Waals surface area (Å²) >= 11 is 0. The van der Waals surface area contributed by atoms with Crippen LogP contribution in [0.25, 0.3) is 0 Å². The van der Waals surface area contributed by atoms with Crippen molar-refractivity contribution >= 4 is 0 Å². The molecule has 0 aliphatic heterocycles. The second kappa shape index (κ2) is 9.19. The van der Waals surface area contributed by atoms with Crippen molar-refractivity contribution < 1.29 is 108 Å². The van der Waals surface area contributed by atoms with Gasteiger partial charge in [0.05, 0.1) is 0 Å². The number of benzene rings is 1. The summed E-state index contributed by atoms with van der Waals surface area (Å²) in [5, 5.41) is 26.0. The quantitative estimate of drug-likeness (QED) is 0.363. The molecule has 0 bridgehead atoms. The number of rotatable bonds is 0. The van der Waals surface area contributed by atoms with E-state index in [0.29, 0.717) is 0 Å². The van der Waals surface area contributed by atoms with Gasteiger partial charge in [-0.3, -0.25) is 0 Å². The van der Waals surface area contributed by atoms with Crippen molar-refractivity contribution in [2.24, 2.45) is 0 Å². The molecule has 3 nitrogen and oxygen atoms in total. The Balaban J connectivity index is -0.0000000337. The van der Waals surface area contributed by atoms with Crippen molar-refractivity contribution in [3.05, 3.63) is 18.2 Å². The summed E-state index contributed by atoms with van der Waals surface area (Å²) in [5.74, 6) is -0.437. The molecule has 54 valence electrons. The van der Waals surface area contributed by atoms with E-state index < -0.39 is 0 Å². The Morgan fingerprint density at radius 1 is 0.667 bits per heavy atom. The zero-order valence-corrected chi connectivity index (χ0v) is 13.6. The van der Waals surface area contributed by atoms with Crippen LogP contribution < -0.4 is 88.7 Å². The Bertz CT molecular complexity index is 190. The smallest absolute Gasteiger partial charge is 1.00 e. The normalized spacial score (nSPS) is 7.00. The second-order valence-corrected chi connectivity index (χ2v) is 1.71. The van der Waals surface area contributed by atoms with E-state index in [4.69, 9.17) is 15.3 Å². The van der Waals surface area contributed by atoms with Crippen molar-refractivity contribution in [1.29, 1.82) is 0 Å².